The van der Waals surface area contributed by atoms with Gasteiger partial charge in [-0.25, -0.2) is 19.3 Å². The second-order valence-electron chi connectivity index (χ2n) is 7.59. The molecule has 0 aliphatic carbocycles. The van der Waals surface area contributed by atoms with Gasteiger partial charge in [0.15, 0.2) is 5.83 Å². The van der Waals surface area contributed by atoms with Crippen LogP contribution in [0.2, 0.25) is 5.15 Å². The molecule has 1 fully saturated rings. The number of nitrogens with zero attached hydrogens (tertiary/aromatic N) is 5. The SMILES string of the molecule is C=C(F)C(=O)N1C[C@@H](c2cc(Cl)nc(-c3cc(C(=O)NC)ncn3)c2)N(C(C)=O)[C@@H](C(F)(F)F)C1. The molecule has 0 unspecified atom stereocenters. The lowest BCUT2D eigenvalue weighted by Crippen LogP contribution is -2.62. The Kier molecular flexibility index (Phi) is 7.38. The van der Waals surface area contributed by atoms with E-state index in [0.717, 1.165) is 13.3 Å². The molecule has 0 bridgehead atoms. The number of piperazine rings is 1. The molecular formula is C21H19ClF4N6O3. The number of alkyl halides is 3. The van der Waals surface area contributed by atoms with Crippen LogP contribution in [0.15, 0.2) is 36.9 Å². The van der Waals surface area contributed by atoms with Crippen LogP contribution in [0.4, 0.5) is 17.6 Å². The van der Waals surface area contributed by atoms with Gasteiger partial charge in [-0.1, -0.05) is 18.2 Å². The van der Waals surface area contributed by atoms with E-state index < -0.39 is 54.9 Å². The standard InChI is InChI=1S/C21H19ClF4N6O3/c1-10(23)20(35)31-7-16(32(11(2)33)17(8-31)21(24,25)26)12-4-14(30-18(22)5-12)13-6-15(19(34)27-3)29-9-28-13/h4-6,9,16-17H,1,7-8H2,2-3H3,(H,27,34)/t16-,17+/m0/s1. The highest BCUT2D eigenvalue weighted by molar-refractivity contribution is 6.29. The van der Waals surface area contributed by atoms with Gasteiger partial charge in [0.05, 0.1) is 24.0 Å². The molecule has 0 aromatic carbocycles. The van der Waals surface area contributed by atoms with Crippen molar-refractivity contribution in [2.75, 3.05) is 20.1 Å². The molecule has 2 aromatic heterocycles. The predicted octanol–water partition coefficient (Wildman–Crippen LogP) is 2.70. The number of halogens is 5. The Hall–Kier alpha value is -3.61. The summed E-state index contributed by atoms with van der Waals surface area (Å²) in [5, 5.41) is 2.24. The number of carbonyl (C=O) groups excluding carboxylic acids is 3. The first-order chi connectivity index (χ1) is 16.3. The van der Waals surface area contributed by atoms with Crippen LogP contribution in [0, 0.1) is 0 Å². The van der Waals surface area contributed by atoms with Crippen molar-refractivity contribution in [2.24, 2.45) is 0 Å². The molecule has 2 atom stereocenters. The summed E-state index contributed by atoms with van der Waals surface area (Å²) in [5.41, 5.74) is 0.293. The molecule has 0 spiro atoms. The molecule has 9 nitrogen and oxygen atoms in total. The van der Waals surface area contributed by atoms with Gasteiger partial charge in [-0.05, 0) is 23.8 Å². The third-order valence-electron chi connectivity index (χ3n) is 5.31. The monoisotopic (exact) mass is 514 g/mol. The molecule has 1 N–H and O–H groups in total. The number of amides is 3. The zero-order valence-electron chi connectivity index (χ0n) is 18.4. The molecule has 1 saturated heterocycles. The highest BCUT2D eigenvalue weighted by Crippen LogP contribution is 2.38. The van der Waals surface area contributed by atoms with Gasteiger partial charge >= 0.3 is 6.18 Å². The van der Waals surface area contributed by atoms with Crippen LogP contribution >= 0.6 is 11.6 Å². The van der Waals surface area contributed by atoms with Crippen molar-refractivity contribution in [3.8, 4) is 11.4 Å². The first kappa shape index (κ1) is 26.0. The number of aromatic nitrogens is 3. The molecular weight excluding hydrogens is 496 g/mol. The van der Waals surface area contributed by atoms with Crippen LogP contribution in [0.1, 0.15) is 29.0 Å². The first-order valence-electron chi connectivity index (χ1n) is 10.0. The number of hydrogen-bond acceptors (Lipinski definition) is 6. The van der Waals surface area contributed by atoms with Crippen molar-refractivity contribution in [3.63, 3.8) is 0 Å². The average molecular weight is 515 g/mol. The molecule has 0 radical (unpaired) electrons. The number of hydrogen-bond donors (Lipinski definition) is 1. The summed E-state index contributed by atoms with van der Waals surface area (Å²) in [6, 6.07) is 0.102. The molecule has 14 heteroatoms. The summed E-state index contributed by atoms with van der Waals surface area (Å²) in [6.07, 6.45) is -3.83. The van der Waals surface area contributed by atoms with Gasteiger partial charge in [0.25, 0.3) is 11.8 Å². The molecule has 1 aliphatic heterocycles. The van der Waals surface area contributed by atoms with E-state index in [9.17, 15) is 31.9 Å². The largest absolute Gasteiger partial charge is 0.410 e. The van der Waals surface area contributed by atoms with Crippen LogP contribution in [0.5, 0.6) is 0 Å². The molecule has 0 saturated carbocycles. The lowest BCUT2D eigenvalue weighted by atomic mass is 9.97. The van der Waals surface area contributed by atoms with Crippen molar-refractivity contribution in [1.29, 1.82) is 0 Å². The van der Waals surface area contributed by atoms with Crippen molar-refractivity contribution in [2.45, 2.75) is 25.2 Å². The van der Waals surface area contributed by atoms with Crippen LogP contribution in [0.25, 0.3) is 11.4 Å². The quantitative estimate of drug-likeness (QED) is 0.382. The van der Waals surface area contributed by atoms with Crippen molar-refractivity contribution >= 4 is 29.3 Å². The van der Waals surface area contributed by atoms with E-state index in [1.54, 1.807) is 0 Å². The van der Waals surface area contributed by atoms with Crippen molar-refractivity contribution in [1.82, 2.24) is 30.1 Å². The Morgan fingerprint density at radius 3 is 2.40 bits per heavy atom. The van der Waals surface area contributed by atoms with Crippen LogP contribution < -0.4 is 5.32 Å². The highest BCUT2D eigenvalue weighted by atomic mass is 35.5. The third kappa shape index (κ3) is 5.56. The second kappa shape index (κ2) is 9.94. The van der Waals surface area contributed by atoms with E-state index in [1.807, 2.05) is 0 Å². The average Bonchev–Trinajstić information content (AvgIpc) is 2.81. The fraction of sp³-hybridized carbons (Fsp3) is 0.333. The molecule has 2 aromatic rings. The zero-order valence-corrected chi connectivity index (χ0v) is 19.2. The maximum atomic E-state index is 13.9. The molecule has 1 aliphatic rings. The smallest absolute Gasteiger partial charge is 0.354 e. The normalized spacial score (nSPS) is 18.3. The zero-order chi connectivity index (χ0) is 26.1. The fourth-order valence-corrected chi connectivity index (χ4v) is 4.00. The Bertz CT molecular complexity index is 1190. The fourth-order valence-electron chi connectivity index (χ4n) is 3.78. The molecule has 3 heterocycles. The summed E-state index contributed by atoms with van der Waals surface area (Å²) in [5.74, 6) is -4.18. The topological polar surface area (TPSA) is 108 Å². The molecule has 35 heavy (non-hydrogen) atoms. The summed E-state index contributed by atoms with van der Waals surface area (Å²) in [6.45, 7) is 2.41. The number of pyridine rings is 1. The van der Waals surface area contributed by atoms with E-state index in [0.29, 0.717) is 9.80 Å². The van der Waals surface area contributed by atoms with Crippen molar-refractivity contribution in [3.05, 3.63) is 53.3 Å². The summed E-state index contributed by atoms with van der Waals surface area (Å²) >= 11 is 6.14. The van der Waals surface area contributed by atoms with E-state index >= 15 is 0 Å². The summed E-state index contributed by atoms with van der Waals surface area (Å²) < 4.78 is 55.3. The Morgan fingerprint density at radius 1 is 1.14 bits per heavy atom. The van der Waals surface area contributed by atoms with Gasteiger partial charge in [-0.2, -0.15) is 13.2 Å². The Morgan fingerprint density at radius 2 is 1.83 bits per heavy atom. The summed E-state index contributed by atoms with van der Waals surface area (Å²) in [4.78, 5) is 49.7. The minimum Gasteiger partial charge on any atom is -0.354 e. The van der Waals surface area contributed by atoms with Gasteiger partial charge in [0.1, 0.15) is 23.2 Å². The second-order valence-corrected chi connectivity index (χ2v) is 7.98. The Labute approximate surface area is 201 Å². The minimum absolute atomic E-state index is 0.000722. The lowest BCUT2D eigenvalue weighted by Gasteiger charge is -2.46. The highest BCUT2D eigenvalue weighted by Gasteiger charge is 2.52. The molecule has 3 amide bonds. The van der Waals surface area contributed by atoms with E-state index in [4.69, 9.17) is 11.6 Å². The van der Waals surface area contributed by atoms with Gasteiger partial charge in [-0.15, -0.1) is 0 Å². The number of nitrogens with one attached hydrogen (secondary N) is 1. The van der Waals surface area contributed by atoms with Gasteiger partial charge in [-0.3, -0.25) is 14.4 Å². The van der Waals surface area contributed by atoms with Crippen LogP contribution in [-0.2, 0) is 9.59 Å². The van der Waals surface area contributed by atoms with Gasteiger partial charge < -0.3 is 15.1 Å². The van der Waals surface area contributed by atoms with Gasteiger partial charge in [0, 0.05) is 20.5 Å². The maximum absolute atomic E-state index is 13.9. The van der Waals surface area contributed by atoms with E-state index in [2.05, 4.69) is 26.8 Å². The molecule has 186 valence electrons. The van der Waals surface area contributed by atoms with Crippen molar-refractivity contribution < 1.29 is 31.9 Å². The van der Waals surface area contributed by atoms with Gasteiger partial charge in [0.2, 0.25) is 5.91 Å². The van der Waals surface area contributed by atoms with Crippen LogP contribution in [-0.4, -0.2) is 74.8 Å². The lowest BCUT2D eigenvalue weighted by molar-refractivity contribution is -0.209. The number of rotatable bonds is 4. The first-order valence-corrected chi connectivity index (χ1v) is 10.4. The predicted molar refractivity (Wildman–Crippen MR) is 116 cm³/mol. The minimum atomic E-state index is -4.92. The van der Waals surface area contributed by atoms with E-state index in [1.165, 1.54) is 25.2 Å². The number of carbonyl (C=O) groups is 3. The maximum Gasteiger partial charge on any atom is 0.410 e. The molecule has 3 rings (SSSR count). The van der Waals surface area contributed by atoms with E-state index in [-0.39, 0.29) is 27.8 Å². The third-order valence-corrected chi connectivity index (χ3v) is 5.50. The Balaban J connectivity index is 2.14. The van der Waals surface area contributed by atoms with Crippen LogP contribution in [0.3, 0.4) is 0 Å². The summed E-state index contributed by atoms with van der Waals surface area (Å²) in [7, 11) is 1.40.